The number of anilines is 1. The monoisotopic (exact) mass is 344 g/mol. The van der Waals surface area contributed by atoms with Crippen molar-refractivity contribution in [1.29, 1.82) is 5.26 Å². The molecule has 1 aromatic carbocycles. The third kappa shape index (κ3) is 2.52. The van der Waals surface area contributed by atoms with Gasteiger partial charge in [0.25, 0.3) is 5.92 Å². The van der Waals surface area contributed by atoms with E-state index >= 15 is 0 Å². The van der Waals surface area contributed by atoms with Crippen molar-refractivity contribution < 1.29 is 18.7 Å². The minimum absolute atomic E-state index is 0.0762. The Hall–Kier alpha value is -2.95. The molecule has 1 aliphatic carbocycles. The van der Waals surface area contributed by atoms with E-state index in [1.807, 2.05) is 4.90 Å². The fraction of sp³-hybridized carbons (Fsp3) is 0.353. The van der Waals surface area contributed by atoms with Gasteiger partial charge < -0.3 is 10.0 Å². The highest BCUT2D eigenvalue weighted by molar-refractivity contribution is 5.86. The molecule has 2 heterocycles. The maximum absolute atomic E-state index is 13.3. The number of nitrogens with zero attached hydrogens (tertiary/aromatic N) is 4. The molecule has 1 aromatic heterocycles. The van der Waals surface area contributed by atoms with Crippen LogP contribution in [0.25, 0.3) is 0 Å². The lowest BCUT2D eigenvalue weighted by molar-refractivity contribution is 0.0696. The van der Waals surface area contributed by atoms with Crippen molar-refractivity contribution >= 4 is 11.7 Å². The lowest BCUT2D eigenvalue weighted by atomic mass is 10.1. The number of alkyl halides is 2. The van der Waals surface area contributed by atoms with Crippen molar-refractivity contribution in [3.05, 3.63) is 47.3 Å². The summed E-state index contributed by atoms with van der Waals surface area (Å²) in [5.41, 5.74) is 1.96. The minimum atomic E-state index is -2.53. The van der Waals surface area contributed by atoms with Gasteiger partial charge in [-0.3, -0.25) is 4.68 Å². The molecule has 0 radical (unpaired) electrons. The van der Waals surface area contributed by atoms with Crippen LogP contribution in [0.3, 0.4) is 0 Å². The summed E-state index contributed by atoms with van der Waals surface area (Å²) in [7, 11) is 0. The molecule has 25 heavy (non-hydrogen) atoms. The highest BCUT2D eigenvalue weighted by Gasteiger charge is 2.71. The first-order valence-corrected chi connectivity index (χ1v) is 7.81. The number of hydrogen-bond donors (Lipinski definition) is 1. The van der Waals surface area contributed by atoms with Crippen LogP contribution in [0.5, 0.6) is 0 Å². The normalized spacial score (nSPS) is 23.2. The van der Waals surface area contributed by atoms with E-state index in [1.165, 1.54) is 17.1 Å². The van der Waals surface area contributed by atoms with Gasteiger partial charge in [-0.05, 0) is 17.7 Å². The summed E-state index contributed by atoms with van der Waals surface area (Å²) >= 11 is 0. The van der Waals surface area contributed by atoms with E-state index in [-0.39, 0.29) is 12.1 Å². The summed E-state index contributed by atoms with van der Waals surface area (Å²) in [6.07, 6.45) is 2.65. The van der Waals surface area contributed by atoms with Crippen LogP contribution < -0.4 is 4.90 Å². The van der Waals surface area contributed by atoms with Crippen molar-refractivity contribution in [3.63, 3.8) is 0 Å². The molecular weight excluding hydrogens is 330 g/mol. The molecule has 2 fully saturated rings. The summed E-state index contributed by atoms with van der Waals surface area (Å²) in [5.74, 6) is -4.74. The number of aromatic carboxylic acids is 1. The van der Waals surface area contributed by atoms with Gasteiger partial charge in [0.2, 0.25) is 0 Å². The molecule has 1 aliphatic heterocycles. The first-order chi connectivity index (χ1) is 11.9. The number of halogens is 2. The molecular formula is C17H14F2N4O2. The zero-order chi connectivity index (χ0) is 17.8. The quantitative estimate of drug-likeness (QED) is 0.919. The third-order valence-electron chi connectivity index (χ3n) is 4.99. The molecule has 128 valence electrons. The molecule has 1 saturated carbocycles. The zero-order valence-corrected chi connectivity index (χ0v) is 13.1. The number of carbonyl (C=O) groups is 1. The smallest absolute Gasteiger partial charge is 0.338 e. The van der Waals surface area contributed by atoms with Crippen LogP contribution in [0.1, 0.15) is 21.5 Å². The summed E-state index contributed by atoms with van der Waals surface area (Å²) in [5, 5.41) is 22.3. The summed E-state index contributed by atoms with van der Waals surface area (Å²) < 4.78 is 28.1. The molecule has 2 unspecified atom stereocenters. The molecule has 8 heteroatoms. The molecule has 0 bridgehead atoms. The number of benzene rings is 1. The maximum atomic E-state index is 13.3. The first kappa shape index (κ1) is 15.6. The lowest BCUT2D eigenvalue weighted by Gasteiger charge is -2.22. The van der Waals surface area contributed by atoms with Crippen LogP contribution in [-0.2, 0) is 6.54 Å². The number of nitriles is 1. The standard InChI is InChI=1S/C17H14F2N4O2/c18-17(19)14-8-22(9-15(14)17)13-2-1-10(11(3-13)4-20)6-23-7-12(5-21-23)16(24)25/h1-3,5,7,14-15H,6,8-9H2,(H,24,25). The van der Waals surface area contributed by atoms with Crippen LogP contribution in [-0.4, -0.2) is 39.9 Å². The number of piperidine rings is 1. The number of rotatable bonds is 4. The van der Waals surface area contributed by atoms with Crippen LogP contribution in [0.15, 0.2) is 30.6 Å². The molecule has 1 saturated heterocycles. The van der Waals surface area contributed by atoms with Gasteiger partial charge in [-0.25, -0.2) is 13.6 Å². The minimum Gasteiger partial charge on any atom is -0.478 e. The van der Waals surface area contributed by atoms with Crippen molar-refractivity contribution in [3.8, 4) is 6.07 Å². The Balaban J connectivity index is 1.52. The molecule has 2 aliphatic rings. The number of carboxylic acids is 1. The first-order valence-electron chi connectivity index (χ1n) is 7.81. The van der Waals surface area contributed by atoms with Crippen molar-refractivity contribution in [2.75, 3.05) is 18.0 Å². The zero-order valence-electron chi connectivity index (χ0n) is 13.1. The fourth-order valence-corrected chi connectivity index (χ4v) is 3.46. The molecule has 0 spiro atoms. The molecule has 0 amide bonds. The number of carboxylic acid groups (broad SMARTS) is 1. The van der Waals surface area contributed by atoms with Crippen molar-refractivity contribution in [2.24, 2.45) is 11.8 Å². The Labute approximate surface area is 141 Å². The molecule has 4 rings (SSSR count). The van der Waals surface area contributed by atoms with Gasteiger partial charge in [0.05, 0.1) is 41.8 Å². The largest absolute Gasteiger partial charge is 0.478 e. The topological polar surface area (TPSA) is 82.2 Å². The molecule has 2 aromatic rings. The van der Waals surface area contributed by atoms with Crippen molar-refractivity contribution in [1.82, 2.24) is 9.78 Å². The van der Waals surface area contributed by atoms with Crippen LogP contribution in [0.4, 0.5) is 14.5 Å². The molecule has 6 nitrogen and oxygen atoms in total. The summed E-state index contributed by atoms with van der Waals surface area (Å²) in [6, 6.07) is 7.38. The third-order valence-corrected chi connectivity index (χ3v) is 4.99. The van der Waals surface area contributed by atoms with Gasteiger partial charge in [0.1, 0.15) is 0 Å². The lowest BCUT2D eigenvalue weighted by Crippen LogP contribution is -2.27. The number of fused-ring (bicyclic) bond motifs is 1. The Morgan fingerprint density at radius 2 is 2.12 bits per heavy atom. The maximum Gasteiger partial charge on any atom is 0.338 e. The number of aromatic nitrogens is 2. The number of hydrogen-bond acceptors (Lipinski definition) is 4. The fourth-order valence-electron chi connectivity index (χ4n) is 3.46. The summed E-state index contributed by atoms with van der Waals surface area (Å²) in [6.45, 7) is 0.881. The van der Waals surface area contributed by atoms with Gasteiger partial charge in [0.15, 0.2) is 0 Å². The second-order valence-corrected chi connectivity index (χ2v) is 6.48. The average molecular weight is 344 g/mol. The van der Waals surface area contributed by atoms with E-state index < -0.39 is 23.7 Å². The molecule has 2 atom stereocenters. The average Bonchev–Trinajstić information content (AvgIpc) is 3.05. The Morgan fingerprint density at radius 1 is 1.40 bits per heavy atom. The van der Waals surface area contributed by atoms with Gasteiger partial charge in [0, 0.05) is 25.0 Å². The predicted molar refractivity (Wildman–Crippen MR) is 83.6 cm³/mol. The van der Waals surface area contributed by atoms with E-state index in [1.54, 1.807) is 18.2 Å². The van der Waals surface area contributed by atoms with E-state index in [9.17, 15) is 18.8 Å². The van der Waals surface area contributed by atoms with Gasteiger partial charge in [-0.1, -0.05) is 6.07 Å². The second-order valence-electron chi connectivity index (χ2n) is 6.48. The summed E-state index contributed by atoms with van der Waals surface area (Å²) in [4.78, 5) is 12.8. The van der Waals surface area contributed by atoms with Gasteiger partial charge in [-0.15, -0.1) is 0 Å². The Kier molecular flexibility index (Phi) is 3.29. The van der Waals surface area contributed by atoms with E-state index in [4.69, 9.17) is 5.11 Å². The molecule has 1 N–H and O–H groups in total. The predicted octanol–water partition coefficient (Wildman–Crippen LogP) is 2.20. The van der Waals surface area contributed by atoms with E-state index in [2.05, 4.69) is 11.2 Å². The highest BCUT2D eigenvalue weighted by Crippen LogP contribution is 2.59. The van der Waals surface area contributed by atoms with Crippen LogP contribution in [0, 0.1) is 23.2 Å². The second kappa shape index (κ2) is 5.28. The van der Waals surface area contributed by atoms with Gasteiger partial charge in [-0.2, -0.15) is 10.4 Å². The van der Waals surface area contributed by atoms with Crippen LogP contribution >= 0.6 is 0 Å². The Morgan fingerprint density at radius 3 is 2.72 bits per heavy atom. The van der Waals surface area contributed by atoms with E-state index in [0.29, 0.717) is 24.2 Å². The van der Waals surface area contributed by atoms with E-state index in [0.717, 1.165) is 5.69 Å². The van der Waals surface area contributed by atoms with Crippen LogP contribution in [0.2, 0.25) is 0 Å². The highest BCUT2D eigenvalue weighted by atomic mass is 19.3. The Bertz CT molecular complexity index is 888. The van der Waals surface area contributed by atoms with Crippen molar-refractivity contribution in [2.45, 2.75) is 12.5 Å². The van der Waals surface area contributed by atoms with Gasteiger partial charge >= 0.3 is 5.97 Å². The SMILES string of the molecule is N#Cc1cc(N2CC3C(C2)C3(F)F)ccc1Cn1cc(C(=O)O)cn1.